The zero-order valence-electron chi connectivity index (χ0n) is 7.99. The minimum absolute atomic E-state index is 0.0128. The molecule has 0 amide bonds. The van der Waals surface area contributed by atoms with Gasteiger partial charge in [-0.15, -0.1) is 0 Å². The summed E-state index contributed by atoms with van der Waals surface area (Å²) < 4.78 is 15.0. The van der Waals surface area contributed by atoms with Crippen LogP contribution in [0.2, 0.25) is 0 Å². The van der Waals surface area contributed by atoms with Gasteiger partial charge in [-0.3, -0.25) is 4.79 Å². The minimum atomic E-state index is -0.598. The molecule has 0 atom stereocenters. The van der Waals surface area contributed by atoms with Gasteiger partial charge in [-0.25, -0.2) is 4.39 Å². The molecule has 1 aromatic carbocycles. The molecule has 2 aromatic rings. The topological polar surface area (TPSA) is 45.8 Å². The van der Waals surface area contributed by atoms with Crippen molar-refractivity contribution in [1.29, 1.82) is 5.26 Å². The predicted molar refractivity (Wildman–Crippen MR) is 53.0 cm³/mol. The minimum Gasteiger partial charge on any atom is -0.350 e. The summed E-state index contributed by atoms with van der Waals surface area (Å²) in [7, 11) is 1.74. The van der Waals surface area contributed by atoms with Crippen molar-refractivity contribution in [3.8, 4) is 6.07 Å². The van der Waals surface area contributed by atoms with Gasteiger partial charge in [0.2, 0.25) is 0 Å². The average molecular weight is 202 g/mol. The fourth-order valence-corrected chi connectivity index (χ4v) is 1.61. The summed E-state index contributed by atoms with van der Waals surface area (Å²) in [6.45, 7) is 0. The van der Waals surface area contributed by atoms with Gasteiger partial charge in [0.25, 0.3) is 0 Å². The number of hydrogen-bond acceptors (Lipinski definition) is 2. The highest BCUT2D eigenvalue weighted by Crippen LogP contribution is 2.22. The third kappa shape index (κ3) is 1.29. The number of halogens is 1. The molecule has 0 aliphatic rings. The van der Waals surface area contributed by atoms with Crippen LogP contribution in [0, 0.1) is 17.1 Å². The van der Waals surface area contributed by atoms with Gasteiger partial charge in [0.15, 0.2) is 6.29 Å². The summed E-state index contributed by atoms with van der Waals surface area (Å²) in [6.07, 6.45) is 2.28. The number of benzene rings is 1. The third-order valence-corrected chi connectivity index (χ3v) is 2.36. The van der Waals surface area contributed by atoms with Gasteiger partial charge in [0.1, 0.15) is 11.9 Å². The normalized spacial score (nSPS) is 10.2. The Kier molecular flexibility index (Phi) is 2.01. The van der Waals surface area contributed by atoms with E-state index in [9.17, 15) is 9.18 Å². The number of aldehydes is 1. The standard InChI is InChI=1S/C11H7FN2O/c1-14-5-8(6-15)9-3-10(12)7(4-13)2-11(9)14/h2-3,5-6H,1H3. The molecule has 15 heavy (non-hydrogen) atoms. The molecule has 0 saturated heterocycles. The first-order valence-corrected chi connectivity index (χ1v) is 4.31. The summed E-state index contributed by atoms with van der Waals surface area (Å²) in [6, 6.07) is 4.43. The van der Waals surface area contributed by atoms with Crippen LogP contribution in [-0.4, -0.2) is 10.9 Å². The largest absolute Gasteiger partial charge is 0.350 e. The van der Waals surface area contributed by atoms with Crippen LogP contribution in [0.15, 0.2) is 18.3 Å². The van der Waals surface area contributed by atoms with E-state index in [0.717, 1.165) is 0 Å². The zero-order valence-corrected chi connectivity index (χ0v) is 7.99. The van der Waals surface area contributed by atoms with Crippen LogP contribution in [-0.2, 0) is 7.05 Å². The molecule has 0 aliphatic heterocycles. The molecule has 1 heterocycles. The number of fused-ring (bicyclic) bond motifs is 1. The molecule has 0 unspecified atom stereocenters. The van der Waals surface area contributed by atoms with E-state index in [2.05, 4.69) is 0 Å². The van der Waals surface area contributed by atoms with Crippen molar-refractivity contribution in [2.75, 3.05) is 0 Å². The van der Waals surface area contributed by atoms with E-state index in [4.69, 9.17) is 5.26 Å². The van der Waals surface area contributed by atoms with E-state index >= 15 is 0 Å². The number of hydrogen-bond donors (Lipinski definition) is 0. The third-order valence-electron chi connectivity index (χ3n) is 2.36. The summed E-state index contributed by atoms with van der Waals surface area (Å²) in [5, 5.41) is 9.20. The van der Waals surface area contributed by atoms with Gasteiger partial charge in [-0.05, 0) is 12.1 Å². The second-order valence-corrected chi connectivity index (χ2v) is 3.27. The number of aryl methyl sites for hydroxylation is 1. The van der Waals surface area contributed by atoms with Crippen molar-refractivity contribution in [2.45, 2.75) is 0 Å². The van der Waals surface area contributed by atoms with Crippen molar-refractivity contribution >= 4 is 17.2 Å². The highest BCUT2D eigenvalue weighted by Gasteiger charge is 2.10. The first kappa shape index (κ1) is 9.41. The number of aromatic nitrogens is 1. The fraction of sp³-hybridized carbons (Fsp3) is 0.0909. The first-order valence-electron chi connectivity index (χ1n) is 4.31. The Morgan fingerprint density at radius 2 is 2.27 bits per heavy atom. The molecule has 2 rings (SSSR count). The number of carbonyl (C=O) groups excluding carboxylic acids is 1. The van der Waals surface area contributed by atoms with Crippen molar-refractivity contribution in [2.24, 2.45) is 7.05 Å². The molecule has 0 spiro atoms. The lowest BCUT2D eigenvalue weighted by molar-refractivity contribution is 0.112. The van der Waals surface area contributed by atoms with Crippen LogP contribution >= 0.6 is 0 Å². The van der Waals surface area contributed by atoms with E-state index in [1.807, 2.05) is 0 Å². The maximum Gasteiger partial charge on any atom is 0.152 e. The highest BCUT2D eigenvalue weighted by atomic mass is 19.1. The van der Waals surface area contributed by atoms with Gasteiger partial charge < -0.3 is 4.57 Å². The van der Waals surface area contributed by atoms with Crippen LogP contribution in [0.1, 0.15) is 15.9 Å². The number of nitriles is 1. The lowest BCUT2D eigenvalue weighted by Gasteiger charge is -1.97. The summed E-state index contributed by atoms with van der Waals surface area (Å²) in [5.41, 5.74) is 1.09. The smallest absolute Gasteiger partial charge is 0.152 e. The maximum absolute atomic E-state index is 13.3. The molecular formula is C11H7FN2O. The molecule has 74 valence electrons. The first-order chi connectivity index (χ1) is 7.17. The predicted octanol–water partition coefficient (Wildman–Crippen LogP) is 2.00. The van der Waals surface area contributed by atoms with Crippen LogP contribution < -0.4 is 0 Å². The van der Waals surface area contributed by atoms with E-state index in [0.29, 0.717) is 22.8 Å². The Morgan fingerprint density at radius 3 is 2.87 bits per heavy atom. The van der Waals surface area contributed by atoms with E-state index in [1.165, 1.54) is 12.1 Å². The van der Waals surface area contributed by atoms with Crippen molar-refractivity contribution in [3.63, 3.8) is 0 Å². The molecular weight excluding hydrogens is 195 g/mol. The Bertz CT molecular complexity index is 593. The number of rotatable bonds is 1. The summed E-state index contributed by atoms with van der Waals surface area (Å²) >= 11 is 0. The highest BCUT2D eigenvalue weighted by molar-refractivity contribution is 5.98. The quantitative estimate of drug-likeness (QED) is 0.664. The Morgan fingerprint density at radius 1 is 1.53 bits per heavy atom. The molecule has 0 saturated carbocycles. The average Bonchev–Trinajstić information content (AvgIpc) is 2.54. The lowest BCUT2D eigenvalue weighted by Crippen LogP contribution is -1.87. The van der Waals surface area contributed by atoms with Crippen LogP contribution in [0.4, 0.5) is 4.39 Å². The molecule has 0 bridgehead atoms. The van der Waals surface area contributed by atoms with Gasteiger partial charge in [0, 0.05) is 24.2 Å². The number of nitrogens with zero attached hydrogens (tertiary/aromatic N) is 2. The SMILES string of the molecule is Cn1cc(C=O)c2cc(F)c(C#N)cc21. The fourth-order valence-electron chi connectivity index (χ4n) is 1.61. The van der Waals surface area contributed by atoms with Crippen molar-refractivity contribution in [1.82, 2.24) is 4.57 Å². The molecule has 0 radical (unpaired) electrons. The zero-order chi connectivity index (χ0) is 11.0. The molecule has 1 aromatic heterocycles. The molecule has 4 heteroatoms. The van der Waals surface area contributed by atoms with E-state index in [-0.39, 0.29) is 5.56 Å². The molecule has 3 nitrogen and oxygen atoms in total. The van der Waals surface area contributed by atoms with Crippen LogP contribution in [0.25, 0.3) is 10.9 Å². The Labute approximate surface area is 85.3 Å². The van der Waals surface area contributed by atoms with Crippen molar-refractivity contribution in [3.05, 3.63) is 35.3 Å². The van der Waals surface area contributed by atoms with E-state index in [1.54, 1.807) is 23.9 Å². The Hall–Kier alpha value is -2.15. The monoisotopic (exact) mass is 202 g/mol. The summed E-state index contributed by atoms with van der Waals surface area (Å²) in [4.78, 5) is 10.7. The van der Waals surface area contributed by atoms with Crippen LogP contribution in [0.5, 0.6) is 0 Å². The van der Waals surface area contributed by atoms with Crippen LogP contribution in [0.3, 0.4) is 0 Å². The molecule has 0 fully saturated rings. The van der Waals surface area contributed by atoms with Gasteiger partial charge in [-0.2, -0.15) is 5.26 Å². The maximum atomic E-state index is 13.3. The Balaban J connectivity index is 2.90. The van der Waals surface area contributed by atoms with Gasteiger partial charge in [0.05, 0.1) is 11.1 Å². The second kappa shape index (κ2) is 3.21. The molecule has 0 N–H and O–H groups in total. The number of carbonyl (C=O) groups is 1. The summed E-state index contributed by atoms with van der Waals surface area (Å²) in [5.74, 6) is -0.598. The van der Waals surface area contributed by atoms with E-state index < -0.39 is 5.82 Å². The van der Waals surface area contributed by atoms with Gasteiger partial charge >= 0.3 is 0 Å². The van der Waals surface area contributed by atoms with Gasteiger partial charge in [-0.1, -0.05) is 0 Å². The van der Waals surface area contributed by atoms with Crippen molar-refractivity contribution < 1.29 is 9.18 Å². The molecule has 0 aliphatic carbocycles. The second-order valence-electron chi connectivity index (χ2n) is 3.27. The lowest BCUT2D eigenvalue weighted by atomic mass is 10.1.